The van der Waals surface area contributed by atoms with Crippen LogP contribution >= 0.6 is 0 Å². The van der Waals surface area contributed by atoms with E-state index in [1.54, 1.807) is 30.3 Å². The molecule has 6 aromatic rings. The summed E-state index contributed by atoms with van der Waals surface area (Å²) in [6, 6.07) is 25.4. The summed E-state index contributed by atoms with van der Waals surface area (Å²) in [5.74, 6) is 0.370. The minimum absolute atomic E-state index is 0.0160. The van der Waals surface area contributed by atoms with Crippen LogP contribution in [-0.4, -0.2) is 22.2 Å². The van der Waals surface area contributed by atoms with Gasteiger partial charge in [-0.05, 0) is 35.2 Å². The van der Waals surface area contributed by atoms with Gasteiger partial charge in [-0.25, -0.2) is 4.79 Å². The van der Waals surface area contributed by atoms with Crippen LogP contribution in [0.1, 0.15) is 22.6 Å². The van der Waals surface area contributed by atoms with Gasteiger partial charge in [0.25, 0.3) is 5.56 Å². The first-order chi connectivity index (χ1) is 19.0. The number of nitrogens with one attached hydrogen (secondary N) is 1. The molecule has 1 unspecified atom stereocenters. The largest absolute Gasteiger partial charge is 0.504 e. The second kappa shape index (κ2) is 8.59. The summed E-state index contributed by atoms with van der Waals surface area (Å²) in [7, 11) is 1.47. The average Bonchev–Trinajstić information content (AvgIpc) is 2.96. The Balaban J connectivity index is 1.50. The summed E-state index contributed by atoms with van der Waals surface area (Å²) < 4.78 is 17.2. The van der Waals surface area contributed by atoms with E-state index in [0.717, 1.165) is 16.3 Å². The molecule has 4 aromatic carbocycles. The molecule has 3 heterocycles. The van der Waals surface area contributed by atoms with Gasteiger partial charge in [0, 0.05) is 22.3 Å². The highest BCUT2D eigenvalue weighted by atomic mass is 16.5. The number of aromatic amines is 1. The third-order valence-corrected chi connectivity index (χ3v) is 7.06. The summed E-state index contributed by atoms with van der Waals surface area (Å²) in [6.45, 7) is 0. The Kier molecular flexibility index (Phi) is 5.02. The Morgan fingerprint density at radius 3 is 2.56 bits per heavy atom. The van der Waals surface area contributed by atoms with E-state index >= 15 is 0 Å². The van der Waals surface area contributed by atoms with E-state index in [1.165, 1.54) is 13.2 Å². The number of methoxy groups -OCH3 is 1. The number of phenols is 1. The van der Waals surface area contributed by atoms with E-state index in [2.05, 4.69) is 9.97 Å². The van der Waals surface area contributed by atoms with Gasteiger partial charge in [0.05, 0.1) is 12.7 Å². The number of hydrogen-bond donors (Lipinski definition) is 2. The van der Waals surface area contributed by atoms with Crippen LogP contribution in [0.25, 0.3) is 33.1 Å². The molecule has 0 aliphatic carbocycles. The minimum atomic E-state index is -0.627. The molecule has 0 fully saturated rings. The highest BCUT2D eigenvalue weighted by Crippen LogP contribution is 2.49. The van der Waals surface area contributed by atoms with Crippen molar-refractivity contribution >= 4 is 21.7 Å². The highest BCUT2D eigenvalue weighted by Gasteiger charge is 2.35. The molecule has 2 aromatic heterocycles. The number of rotatable bonds is 3. The lowest BCUT2D eigenvalue weighted by molar-refractivity contribution is 0.372. The maximum Gasteiger partial charge on any atom is 0.347 e. The van der Waals surface area contributed by atoms with E-state index in [4.69, 9.17) is 13.9 Å². The number of para-hydroxylation sites is 1. The second-order valence-electron chi connectivity index (χ2n) is 9.29. The molecule has 8 nitrogen and oxygen atoms in total. The third-order valence-electron chi connectivity index (χ3n) is 7.06. The van der Waals surface area contributed by atoms with Crippen molar-refractivity contribution in [1.29, 1.82) is 0 Å². The van der Waals surface area contributed by atoms with Gasteiger partial charge in [0.2, 0.25) is 5.88 Å². The summed E-state index contributed by atoms with van der Waals surface area (Å²) >= 11 is 0. The normalized spacial score (nSPS) is 14.0. The van der Waals surface area contributed by atoms with Crippen molar-refractivity contribution in [3.8, 4) is 34.5 Å². The molecule has 0 radical (unpaired) electrons. The van der Waals surface area contributed by atoms with Gasteiger partial charge < -0.3 is 24.0 Å². The summed E-state index contributed by atoms with van der Waals surface area (Å²) in [6.07, 6.45) is 0. The molecule has 2 N–H and O–H groups in total. The first-order valence-electron chi connectivity index (χ1n) is 12.3. The SMILES string of the molecule is COc1cc(C2c3ccc4ccccc4c3Oc3nc(-c4cc5ccccc5oc4=O)[nH]c(=O)c32)ccc1O. The predicted molar refractivity (Wildman–Crippen MR) is 146 cm³/mol. The summed E-state index contributed by atoms with van der Waals surface area (Å²) in [5, 5.41) is 12.7. The van der Waals surface area contributed by atoms with Gasteiger partial charge in [0.15, 0.2) is 17.3 Å². The van der Waals surface area contributed by atoms with Crippen LogP contribution in [0.4, 0.5) is 0 Å². The Bertz CT molecular complexity index is 2060. The number of nitrogens with zero attached hydrogens (tertiary/aromatic N) is 1. The molecular formula is C31H20N2O6. The first-order valence-corrected chi connectivity index (χ1v) is 12.3. The fourth-order valence-electron chi connectivity index (χ4n) is 5.22. The van der Waals surface area contributed by atoms with Crippen LogP contribution in [0.3, 0.4) is 0 Å². The fraction of sp³-hybridized carbons (Fsp3) is 0.0645. The van der Waals surface area contributed by atoms with E-state index in [9.17, 15) is 14.7 Å². The zero-order valence-electron chi connectivity index (χ0n) is 20.6. The first kappa shape index (κ1) is 22.8. The highest BCUT2D eigenvalue weighted by molar-refractivity contribution is 5.91. The van der Waals surface area contributed by atoms with Crippen LogP contribution in [0.5, 0.6) is 23.1 Å². The van der Waals surface area contributed by atoms with Crippen LogP contribution < -0.4 is 20.7 Å². The topological polar surface area (TPSA) is 115 Å². The van der Waals surface area contributed by atoms with Crippen LogP contribution in [0.15, 0.2) is 98.9 Å². The van der Waals surface area contributed by atoms with Gasteiger partial charge in [-0.1, -0.05) is 60.7 Å². The summed E-state index contributed by atoms with van der Waals surface area (Å²) in [5.41, 5.74) is 1.21. The lowest BCUT2D eigenvalue weighted by Crippen LogP contribution is -2.25. The number of H-pyrrole nitrogens is 1. The molecule has 0 spiro atoms. The molecule has 0 bridgehead atoms. The second-order valence-corrected chi connectivity index (χ2v) is 9.29. The van der Waals surface area contributed by atoms with Crippen molar-refractivity contribution in [1.82, 2.24) is 9.97 Å². The molecule has 1 atom stereocenters. The van der Waals surface area contributed by atoms with Crippen LogP contribution in [0.2, 0.25) is 0 Å². The molecule has 1 aliphatic rings. The zero-order valence-corrected chi connectivity index (χ0v) is 20.6. The van der Waals surface area contributed by atoms with Gasteiger partial charge in [-0.15, -0.1) is 0 Å². The van der Waals surface area contributed by atoms with Gasteiger partial charge in [-0.3, -0.25) is 4.79 Å². The Morgan fingerprint density at radius 2 is 1.72 bits per heavy atom. The molecule has 7 rings (SSSR count). The maximum absolute atomic E-state index is 13.7. The van der Waals surface area contributed by atoms with Gasteiger partial charge in [0.1, 0.15) is 16.9 Å². The molecule has 1 aliphatic heterocycles. The maximum atomic E-state index is 13.7. The molecule has 0 saturated heterocycles. The van der Waals surface area contributed by atoms with Crippen molar-refractivity contribution in [2.24, 2.45) is 0 Å². The van der Waals surface area contributed by atoms with Crippen LogP contribution in [-0.2, 0) is 0 Å². The number of phenolic OH excluding ortho intramolecular Hbond substituents is 1. The summed E-state index contributed by atoms with van der Waals surface area (Å²) in [4.78, 5) is 34.0. The molecule has 0 amide bonds. The monoisotopic (exact) mass is 516 g/mol. The number of ether oxygens (including phenoxy) is 2. The van der Waals surface area contributed by atoms with Gasteiger partial charge in [-0.2, -0.15) is 4.98 Å². The van der Waals surface area contributed by atoms with Gasteiger partial charge >= 0.3 is 5.63 Å². The van der Waals surface area contributed by atoms with E-state index in [0.29, 0.717) is 22.3 Å². The van der Waals surface area contributed by atoms with E-state index < -0.39 is 17.1 Å². The minimum Gasteiger partial charge on any atom is -0.504 e. The number of hydrogen-bond acceptors (Lipinski definition) is 7. The number of fused-ring (bicyclic) bond motifs is 5. The molecule has 39 heavy (non-hydrogen) atoms. The third kappa shape index (κ3) is 3.57. The van der Waals surface area contributed by atoms with Crippen molar-refractivity contribution in [3.63, 3.8) is 0 Å². The Hall–Kier alpha value is -5.37. The number of aromatic nitrogens is 2. The fourth-order valence-corrected chi connectivity index (χ4v) is 5.22. The van der Waals surface area contributed by atoms with E-state index in [1.807, 2.05) is 48.5 Å². The molecular weight excluding hydrogens is 496 g/mol. The number of benzene rings is 4. The average molecular weight is 517 g/mol. The molecule has 0 saturated carbocycles. The lowest BCUT2D eigenvalue weighted by atomic mass is 9.83. The van der Waals surface area contributed by atoms with E-state index in [-0.39, 0.29) is 34.3 Å². The Morgan fingerprint density at radius 1 is 0.923 bits per heavy atom. The quantitative estimate of drug-likeness (QED) is 0.290. The molecule has 190 valence electrons. The van der Waals surface area contributed by atoms with Crippen molar-refractivity contribution in [3.05, 3.63) is 122 Å². The molecule has 8 heteroatoms. The van der Waals surface area contributed by atoms with Crippen molar-refractivity contribution in [2.45, 2.75) is 5.92 Å². The van der Waals surface area contributed by atoms with Crippen molar-refractivity contribution in [2.75, 3.05) is 7.11 Å². The lowest BCUT2D eigenvalue weighted by Gasteiger charge is -2.28. The smallest absolute Gasteiger partial charge is 0.347 e. The predicted octanol–water partition coefficient (Wildman–Crippen LogP) is 5.70. The standard InChI is InChI=1S/C31H20N2O6/c1-37-24-15-18(11-13-22(24)34)25-20-12-10-16-6-2-4-8-19(16)27(20)39-30-26(25)29(35)32-28(33-30)21-14-17-7-3-5-9-23(17)38-31(21)36/h2-15,25,34H,1H3,(H,32,33,35). The Labute approximate surface area is 220 Å². The zero-order chi connectivity index (χ0) is 26.7. The van der Waals surface area contributed by atoms with Crippen LogP contribution in [0, 0.1) is 0 Å². The number of aromatic hydroxyl groups is 1. The van der Waals surface area contributed by atoms with Crippen molar-refractivity contribution < 1.29 is 19.0 Å².